The van der Waals surface area contributed by atoms with Gasteiger partial charge in [0.15, 0.2) is 0 Å². The zero-order valence-corrected chi connectivity index (χ0v) is 10.7. The molecule has 0 amide bonds. The highest BCUT2D eigenvalue weighted by Gasteiger charge is 2.06. The van der Waals surface area contributed by atoms with Gasteiger partial charge in [-0.1, -0.05) is 19.1 Å². The molecule has 0 saturated carbocycles. The zero-order valence-electron chi connectivity index (χ0n) is 9.86. The maximum Gasteiger partial charge on any atom is 0.115 e. The Hall–Kier alpha value is -1.14. The highest BCUT2D eigenvalue weighted by molar-refractivity contribution is 7.99. The zero-order chi connectivity index (χ0) is 11.8. The summed E-state index contributed by atoms with van der Waals surface area (Å²) >= 11 is 1.87. The lowest BCUT2D eigenvalue weighted by molar-refractivity contribution is 0.854. The van der Waals surface area contributed by atoms with Gasteiger partial charge >= 0.3 is 0 Å². The molecule has 0 spiro atoms. The van der Waals surface area contributed by atoms with Crippen LogP contribution < -0.4 is 5.32 Å². The van der Waals surface area contributed by atoms with Gasteiger partial charge in [0.25, 0.3) is 0 Å². The molecule has 0 fully saturated rings. The van der Waals surface area contributed by atoms with Crippen LogP contribution >= 0.6 is 11.8 Å². The molecule has 1 aromatic carbocycles. The van der Waals surface area contributed by atoms with E-state index in [4.69, 9.17) is 5.26 Å². The van der Waals surface area contributed by atoms with E-state index in [1.54, 1.807) is 0 Å². The average molecular weight is 234 g/mol. The molecule has 16 heavy (non-hydrogen) atoms. The molecule has 0 aliphatic rings. The van der Waals surface area contributed by atoms with E-state index >= 15 is 0 Å². The molecule has 0 bridgehead atoms. The van der Waals surface area contributed by atoms with Crippen LogP contribution in [0.15, 0.2) is 24.3 Å². The van der Waals surface area contributed by atoms with Crippen LogP contribution in [0.4, 0.5) is 5.69 Å². The average Bonchev–Trinajstić information content (AvgIpc) is 2.28. The normalized spacial score (nSPS) is 11.8. The summed E-state index contributed by atoms with van der Waals surface area (Å²) in [6.45, 7) is 4.19. The molecule has 0 aromatic heterocycles. The number of anilines is 1. The van der Waals surface area contributed by atoms with Gasteiger partial charge in [-0.3, -0.25) is 0 Å². The monoisotopic (exact) mass is 234 g/mol. The van der Waals surface area contributed by atoms with Crippen molar-refractivity contribution in [2.45, 2.75) is 26.3 Å². The number of thioether (sulfide) groups is 1. The van der Waals surface area contributed by atoms with Gasteiger partial charge in [-0.05, 0) is 42.5 Å². The topological polar surface area (TPSA) is 35.8 Å². The van der Waals surface area contributed by atoms with Crippen LogP contribution in [0, 0.1) is 18.3 Å². The maximum atomic E-state index is 9.03. The number of hydrogen-bond acceptors (Lipinski definition) is 3. The molecule has 0 radical (unpaired) electrons. The van der Waals surface area contributed by atoms with Crippen LogP contribution in [0.25, 0.3) is 0 Å². The lowest BCUT2D eigenvalue weighted by Gasteiger charge is -2.12. The lowest BCUT2D eigenvalue weighted by Crippen LogP contribution is -2.18. The van der Waals surface area contributed by atoms with Crippen molar-refractivity contribution < 1.29 is 0 Å². The minimum Gasteiger partial charge on any atom is -0.370 e. The van der Waals surface area contributed by atoms with E-state index < -0.39 is 0 Å². The summed E-state index contributed by atoms with van der Waals surface area (Å²) in [5.74, 6) is 2.15. The van der Waals surface area contributed by atoms with Gasteiger partial charge in [0.1, 0.15) is 6.04 Å². The van der Waals surface area contributed by atoms with Gasteiger partial charge in [-0.15, -0.1) is 0 Å². The van der Waals surface area contributed by atoms with Crippen molar-refractivity contribution in [3.05, 3.63) is 29.8 Å². The predicted molar refractivity (Wildman–Crippen MR) is 71.8 cm³/mol. The third-order valence-electron chi connectivity index (χ3n) is 2.27. The van der Waals surface area contributed by atoms with Crippen LogP contribution in [0.5, 0.6) is 0 Å². The van der Waals surface area contributed by atoms with E-state index in [1.165, 1.54) is 5.56 Å². The second-order valence-electron chi connectivity index (χ2n) is 3.68. The Morgan fingerprint density at radius 1 is 1.50 bits per heavy atom. The summed E-state index contributed by atoms with van der Waals surface area (Å²) in [6, 6.07) is 10.4. The third kappa shape index (κ3) is 4.59. The fourth-order valence-electron chi connectivity index (χ4n) is 1.45. The van der Waals surface area contributed by atoms with Gasteiger partial charge in [-0.25, -0.2) is 0 Å². The Kier molecular flexibility index (Phi) is 5.81. The van der Waals surface area contributed by atoms with E-state index in [1.807, 2.05) is 23.9 Å². The number of hydrogen-bond donors (Lipinski definition) is 1. The molecule has 3 heteroatoms. The predicted octanol–water partition coefficient (Wildman–Crippen LogP) is 3.44. The summed E-state index contributed by atoms with van der Waals surface area (Å²) < 4.78 is 0. The second kappa shape index (κ2) is 7.19. The van der Waals surface area contributed by atoms with Crippen LogP contribution in [-0.4, -0.2) is 17.5 Å². The quantitative estimate of drug-likeness (QED) is 0.766. The van der Waals surface area contributed by atoms with Crippen molar-refractivity contribution >= 4 is 17.4 Å². The van der Waals surface area contributed by atoms with Crippen LogP contribution in [0.2, 0.25) is 0 Å². The molecule has 0 aliphatic heterocycles. The maximum absolute atomic E-state index is 9.03. The first kappa shape index (κ1) is 12.9. The van der Waals surface area contributed by atoms with Crippen molar-refractivity contribution in [3.63, 3.8) is 0 Å². The van der Waals surface area contributed by atoms with E-state index in [0.717, 1.165) is 23.6 Å². The van der Waals surface area contributed by atoms with Crippen molar-refractivity contribution in [2.75, 3.05) is 16.8 Å². The first-order chi connectivity index (χ1) is 7.76. The summed E-state index contributed by atoms with van der Waals surface area (Å²) in [6.07, 6.45) is 0.892. The number of nitrogens with one attached hydrogen (secondary N) is 1. The number of benzene rings is 1. The van der Waals surface area contributed by atoms with Crippen LogP contribution in [-0.2, 0) is 0 Å². The number of aryl methyl sites for hydroxylation is 1. The minimum atomic E-state index is -0.0825. The smallest absolute Gasteiger partial charge is 0.115 e. The Morgan fingerprint density at radius 3 is 2.94 bits per heavy atom. The standard InChI is InChI=1S/C13H18N2S/c1-3-16-8-7-13(10-14)15-12-6-4-5-11(2)9-12/h4-6,9,13,15H,3,7-8H2,1-2H3. The first-order valence-electron chi connectivity index (χ1n) is 5.57. The summed E-state index contributed by atoms with van der Waals surface area (Å²) in [4.78, 5) is 0. The Balaban J connectivity index is 2.47. The van der Waals surface area contributed by atoms with Crippen LogP contribution in [0.3, 0.4) is 0 Å². The van der Waals surface area contributed by atoms with Gasteiger partial charge < -0.3 is 5.32 Å². The van der Waals surface area contributed by atoms with Gasteiger partial charge in [0, 0.05) is 5.69 Å². The molecule has 2 nitrogen and oxygen atoms in total. The van der Waals surface area contributed by atoms with Gasteiger partial charge in [0.05, 0.1) is 6.07 Å². The molecular formula is C13H18N2S. The molecule has 1 N–H and O–H groups in total. The van der Waals surface area contributed by atoms with E-state index in [0.29, 0.717) is 0 Å². The van der Waals surface area contributed by atoms with Crippen molar-refractivity contribution in [1.82, 2.24) is 0 Å². The Labute approximate surface area is 102 Å². The summed E-state index contributed by atoms with van der Waals surface area (Å²) in [7, 11) is 0. The molecule has 0 heterocycles. The molecule has 86 valence electrons. The highest BCUT2D eigenvalue weighted by Crippen LogP contribution is 2.13. The third-order valence-corrected chi connectivity index (χ3v) is 3.20. The molecule has 1 unspecified atom stereocenters. The minimum absolute atomic E-state index is 0.0825. The Bertz CT molecular complexity index is 357. The molecule has 1 atom stereocenters. The van der Waals surface area contributed by atoms with Crippen LogP contribution in [0.1, 0.15) is 18.9 Å². The number of nitrogens with zero attached hydrogens (tertiary/aromatic N) is 1. The molecule has 0 saturated heterocycles. The molecule has 0 aliphatic carbocycles. The van der Waals surface area contributed by atoms with Gasteiger partial charge in [0.2, 0.25) is 0 Å². The van der Waals surface area contributed by atoms with Crippen molar-refractivity contribution in [1.29, 1.82) is 5.26 Å². The number of nitriles is 1. The SMILES string of the molecule is CCSCCC(C#N)Nc1cccc(C)c1. The molecular weight excluding hydrogens is 216 g/mol. The van der Waals surface area contributed by atoms with E-state index in [9.17, 15) is 0 Å². The van der Waals surface area contributed by atoms with Crippen molar-refractivity contribution in [3.8, 4) is 6.07 Å². The fraction of sp³-hybridized carbons (Fsp3) is 0.462. The van der Waals surface area contributed by atoms with Crippen molar-refractivity contribution in [2.24, 2.45) is 0 Å². The molecule has 1 rings (SSSR count). The second-order valence-corrected chi connectivity index (χ2v) is 5.07. The fourth-order valence-corrected chi connectivity index (χ4v) is 2.14. The number of rotatable bonds is 6. The molecule has 1 aromatic rings. The Morgan fingerprint density at radius 2 is 2.31 bits per heavy atom. The van der Waals surface area contributed by atoms with Gasteiger partial charge in [-0.2, -0.15) is 17.0 Å². The first-order valence-corrected chi connectivity index (χ1v) is 6.72. The highest BCUT2D eigenvalue weighted by atomic mass is 32.2. The van der Waals surface area contributed by atoms with E-state index in [2.05, 4.69) is 37.4 Å². The summed E-state index contributed by atoms with van der Waals surface area (Å²) in [5, 5.41) is 12.3. The van der Waals surface area contributed by atoms with E-state index in [-0.39, 0.29) is 6.04 Å². The summed E-state index contributed by atoms with van der Waals surface area (Å²) in [5.41, 5.74) is 2.25. The largest absolute Gasteiger partial charge is 0.370 e. The lowest BCUT2D eigenvalue weighted by atomic mass is 10.2.